The van der Waals surface area contributed by atoms with Crippen LogP contribution >= 0.6 is 0 Å². The predicted molar refractivity (Wildman–Crippen MR) is 66.3 cm³/mol. The molecule has 1 aromatic carbocycles. The number of likely N-dealkylation sites (tertiary alicyclic amines) is 1. The Kier molecular flexibility index (Phi) is 3.97. The van der Waals surface area contributed by atoms with Gasteiger partial charge in [0.25, 0.3) is 0 Å². The summed E-state index contributed by atoms with van der Waals surface area (Å²) in [6, 6.07) is 11.3. The minimum absolute atomic E-state index is 0.289. The van der Waals surface area contributed by atoms with Crippen molar-refractivity contribution in [1.29, 1.82) is 0 Å². The van der Waals surface area contributed by atoms with Crippen LogP contribution in [0.2, 0.25) is 0 Å². The first-order valence-corrected chi connectivity index (χ1v) is 6.24. The van der Waals surface area contributed by atoms with E-state index >= 15 is 0 Å². The number of nitrogens with zero attached hydrogens (tertiary/aromatic N) is 1. The molecule has 88 valence electrons. The Morgan fingerprint density at radius 3 is 2.75 bits per heavy atom. The molecule has 2 atom stereocenters. The van der Waals surface area contributed by atoms with E-state index in [0.29, 0.717) is 12.1 Å². The molecule has 1 N–H and O–H groups in total. The lowest BCUT2D eigenvalue weighted by Crippen LogP contribution is -2.43. The van der Waals surface area contributed by atoms with Gasteiger partial charge in [0.15, 0.2) is 0 Å². The van der Waals surface area contributed by atoms with Crippen LogP contribution in [0.5, 0.6) is 0 Å². The molecule has 1 heterocycles. The second-order valence-corrected chi connectivity index (χ2v) is 4.66. The van der Waals surface area contributed by atoms with Crippen LogP contribution in [-0.2, 0) is 0 Å². The maximum Gasteiger partial charge on any atom is 0.0587 e. The molecule has 0 amide bonds. The van der Waals surface area contributed by atoms with Gasteiger partial charge in [-0.1, -0.05) is 36.8 Å². The molecule has 2 heteroatoms. The van der Waals surface area contributed by atoms with E-state index in [4.69, 9.17) is 0 Å². The van der Waals surface area contributed by atoms with Crippen LogP contribution in [0.25, 0.3) is 0 Å². The summed E-state index contributed by atoms with van der Waals surface area (Å²) in [5.74, 6) is 0. The van der Waals surface area contributed by atoms with Gasteiger partial charge in [0.05, 0.1) is 6.61 Å². The summed E-state index contributed by atoms with van der Waals surface area (Å²) in [6.45, 7) is 3.64. The molecular weight excluding hydrogens is 198 g/mol. The average molecular weight is 219 g/mol. The number of hydrogen-bond acceptors (Lipinski definition) is 2. The number of hydrogen-bond donors (Lipinski definition) is 1. The Labute approximate surface area is 97.9 Å². The second kappa shape index (κ2) is 5.46. The zero-order valence-corrected chi connectivity index (χ0v) is 9.97. The van der Waals surface area contributed by atoms with Crippen molar-refractivity contribution in [3.63, 3.8) is 0 Å². The Morgan fingerprint density at radius 1 is 1.31 bits per heavy atom. The van der Waals surface area contributed by atoms with E-state index in [2.05, 4.69) is 42.2 Å². The minimum Gasteiger partial charge on any atom is -0.395 e. The van der Waals surface area contributed by atoms with Crippen molar-refractivity contribution in [2.45, 2.75) is 38.3 Å². The Hall–Kier alpha value is -0.860. The summed E-state index contributed by atoms with van der Waals surface area (Å²) < 4.78 is 0. The normalized spacial score (nSPS) is 24.2. The Balaban J connectivity index is 2.10. The number of aliphatic hydroxyl groups is 1. The molecular formula is C14H21NO. The molecule has 0 radical (unpaired) electrons. The molecule has 16 heavy (non-hydrogen) atoms. The third-order valence-electron chi connectivity index (χ3n) is 3.66. The topological polar surface area (TPSA) is 23.5 Å². The Morgan fingerprint density at radius 2 is 2.06 bits per heavy atom. The highest BCUT2D eigenvalue weighted by molar-refractivity contribution is 5.18. The van der Waals surface area contributed by atoms with Crippen LogP contribution in [0.3, 0.4) is 0 Å². The lowest BCUT2D eigenvalue weighted by molar-refractivity contribution is 0.0588. The third-order valence-corrected chi connectivity index (χ3v) is 3.66. The van der Waals surface area contributed by atoms with Crippen LogP contribution in [0.4, 0.5) is 0 Å². The van der Waals surface area contributed by atoms with Crippen LogP contribution in [-0.4, -0.2) is 29.2 Å². The van der Waals surface area contributed by atoms with Gasteiger partial charge in [-0.2, -0.15) is 0 Å². The van der Waals surface area contributed by atoms with Gasteiger partial charge in [-0.3, -0.25) is 4.90 Å². The van der Waals surface area contributed by atoms with E-state index in [9.17, 15) is 5.11 Å². The zero-order valence-electron chi connectivity index (χ0n) is 9.97. The van der Waals surface area contributed by atoms with Crippen LogP contribution in [0.15, 0.2) is 30.3 Å². The lowest BCUT2D eigenvalue weighted by Gasteiger charge is -2.39. The SMILES string of the molecule is CC(c1ccccc1)N1CCCCC1CO. The van der Waals surface area contributed by atoms with Crippen molar-refractivity contribution in [2.75, 3.05) is 13.2 Å². The third kappa shape index (κ3) is 2.45. The van der Waals surface area contributed by atoms with Gasteiger partial charge in [-0.15, -0.1) is 0 Å². The molecule has 2 nitrogen and oxygen atoms in total. The standard InChI is InChI=1S/C14H21NO/c1-12(13-7-3-2-4-8-13)15-10-6-5-9-14(15)11-16/h2-4,7-8,12,14,16H,5-6,9-11H2,1H3. The molecule has 2 unspecified atom stereocenters. The molecule has 0 saturated carbocycles. The van der Waals surface area contributed by atoms with E-state index in [0.717, 1.165) is 13.0 Å². The fourth-order valence-corrected chi connectivity index (χ4v) is 2.65. The van der Waals surface area contributed by atoms with Gasteiger partial charge in [0.1, 0.15) is 0 Å². The van der Waals surface area contributed by atoms with Gasteiger partial charge in [0, 0.05) is 12.1 Å². The number of aliphatic hydroxyl groups excluding tert-OH is 1. The van der Waals surface area contributed by atoms with Gasteiger partial charge < -0.3 is 5.11 Å². The molecule has 1 saturated heterocycles. The minimum atomic E-state index is 0.289. The van der Waals surface area contributed by atoms with E-state index in [1.807, 2.05) is 0 Å². The van der Waals surface area contributed by atoms with Crippen molar-refractivity contribution in [3.05, 3.63) is 35.9 Å². The summed E-state index contributed by atoms with van der Waals surface area (Å²) in [5, 5.41) is 9.42. The van der Waals surface area contributed by atoms with Crippen LogP contribution < -0.4 is 0 Å². The van der Waals surface area contributed by atoms with Crippen molar-refractivity contribution in [3.8, 4) is 0 Å². The smallest absolute Gasteiger partial charge is 0.0587 e. The van der Waals surface area contributed by atoms with Crippen LogP contribution in [0.1, 0.15) is 37.8 Å². The summed E-state index contributed by atoms with van der Waals surface area (Å²) in [7, 11) is 0. The molecule has 2 rings (SSSR count). The van der Waals surface area contributed by atoms with E-state index in [1.165, 1.54) is 18.4 Å². The van der Waals surface area contributed by atoms with E-state index in [-0.39, 0.29) is 6.61 Å². The number of piperidine rings is 1. The first kappa shape index (κ1) is 11.6. The molecule has 1 aliphatic heterocycles. The highest BCUT2D eigenvalue weighted by atomic mass is 16.3. The Bertz CT molecular complexity index is 312. The quantitative estimate of drug-likeness (QED) is 0.844. The van der Waals surface area contributed by atoms with Gasteiger partial charge in [0.2, 0.25) is 0 Å². The summed E-state index contributed by atoms with van der Waals surface area (Å²) in [6.07, 6.45) is 3.64. The fraction of sp³-hybridized carbons (Fsp3) is 0.571. The molecule has 1 fully saturated rings. The van der Waals surface area contributed by atoms with Crippen molar-refractivity contribution in [1.82, 2.24) is 4.90 Å². The molecule has 1 aliphatic rings. The lowest BCUT2D eigenvalue weighted by atomic mass is 9.97. The van der Waals surface area contributed by atoms with E-state index < -0.39 is 0 Å². The van der Waals surface area contributed by atoms with Gasteiger partial charge in [-0.25, -0.2) is 0 Å². The van der Waals surface area contributed by atoms with Crippen molar-refractivity contribution >= 4 is 0 Å². The summed E-state index contributed by atoms with van der Waals surface area (Å²) in [4.78, 5) is 2.44. The maximum absolute atomic E-state index is 9.42. The molecule has 0 aliphatic carbocycles. The first-order valence-electron chi connectivity index (χ1n) is 6.24. The van der Waals surface area contributed by atoms with Gasteiger partial charge in [-0.05, 0) is 31.9 Å². The van der Waals surface area contributed by atoms with Crippen molar-refractivity contribution < 1.29 is 5.11 Å². The second-order valence-electron chi connectivity index (χ2n) is 4.66. The van der Waals surface area contributed by atoms with Crippen LogP contribution in [0, 0.1) is 0 Å². The highest BCUT2D eigenvalue weighted by Gasteiger charge is 2.26. The van der Waals surface area contributed by atoms with E-state index in [1.54, 1.807) is 0 Å². The molecule has 0 bridgehead atoms. The number of rotatable bonds is 3. The van der Waals surface area contributed by atoms with Gasteiger partial charge >= 0.3 is 0 Å². The average Bonchev–Trinajstić information content (AvgIpc) is 2.39. The molecule has 1 aromatic rings. The monoisotopic (exact) mass is 219 g/mol. The maximum atomic E-state index is 9.42. The van der Waals surface area contributed by atoms with Crippen molar-refractivity contribution in [2.24, 2.45) is 0 Å². The largest absolute Gasteiger partial charge is 0.395 e. The highest BCUT2D eigenvalue weighted by Crippen LogP contribution is 2.27. The number of benzene rings is 1. The zero-order chi connectivity index (χ0) is 11.4. The molecule has 0 spiro atoms. The summed E-state index contributed by atoms with van der Waals surface area (Å²) in [5.41, 5.74) is 1.35. The first-order chi connectivity index (χ1) is 7.83. The predicted octanol–water partition coefficient (Wildman–Crippen LogP) is 2.59. The molecule has 0 aromatic heterocycles. The summed E-state index contributed by atoms with van der Waals surface area (Å²) >= 11 is 0. The fourth-order valence-electron chi connectivity index (χ4n) is 2.65.